The number of phenols is 2. The summed E-state index contributed by atoms with van der Waals surface area (Å²) in [7, 11) is 0. The summed E-state index contributed by atoms with van der Waals surface area (Å²) >= 11 is 0. The summed E-state index contributed by atoms with van der Waals surface area (Å²) in [6, 6.07) is 4.72. The first-order valence-electron chi connectivity index (χ1n) is 6.89. The number of phenolic OH excluding ortho intramolecular Hbond substituents is 2. The second-order valence-corrected chi connectivity index (χ2v) is 4.74. The van der Waals surface area contributed by atoms with Crippen LogP contribution in [0.2, 0.25) is 0 Å². The molecule has 1 rings (SSSR count). The zero-order valence-electron chi connectivity index (χ0n) is 11.2. The predicted octanol–water partition coefficient (Wildman–Crippen LogP) is 4.56. The van der Waals surface area contributed by atoms with Gasteiger partial charge in [0.1, 0.15) is 11.5 Å². The second-order valence-electron chi connectivity index (χ2n) is 4.74. The molecule has 1 aromatic rings. The van der Waals surface area contributed by atoms with Crippen molar-refractivity contribution in [3.8, 4) is 11.5 Å². The van der Waals surface area contributed by atoms with Gasteiger partial charge in [0.05, 0.1) is 0 Å². The van der Waals surface area contributed by atoms with Crippen molar-refractivity contribution in [2.75, 3.05) is 0 Å². The average molecular weight is 248 g/mol. The molecule has 18 heavy (non-hydrogen) atoms. The van der Waals surface area contributed by atoms with E-state index in [-0.39, 0.29) is 11.5 Å². The van der Waals surface area contributed by atoms with Gasteiger partial charge in [-0.15, -0.1) is 0 Å². The van der Waals surface area contributed by atoms with Gasteiger partial charge in [-0.2, -0.15) is 0 Å². The molecule has 0 saturated carbocycles. The molecule has 0 fully saturated rings. The molecule has 0 amide bonds. The second kappa shape index (κ2) is 8.62. The van der Waals surface area contributed by atoms with Crippen molar-refractivity contribution >= 4 is 0 Å². The van der Waals surface area contributed by atoms with E-state index >= 15 is 0 Å². The van der Waals surface area contributed by atoms with Gasteiger partial charge in [-0.05, 0) is 37.0 Å². The molecule has 0 atom stereocenters. The van der Waals surface area contributed by atoms with Crippen molar-refractivity contribution in [2.24, 2.45) is 0 Å². The van der Waals surface area contributed by atoms with Crippen LogP contribution in [0.15, 0.2) is 30.4 Å². The summed E-state index contributed by atoms with van der Waals surface area (Å²) in [5, 5.41) is 18.7. The molecule has 0 unspecified atom stereocenters. The normalized spacial score (nSPS) is 11.2. The van der Waals surface area contributed by atoms with Crippen molar-refractivity contribution in [1.29, 1.82) is 0 Å². The summed E-state index contributed by atoms with van der Waals surface area (Å²) < 4.78 is 0. The third kappa shape index (κ3) is 6.33. The highest BCUT2D eigenvalue weighted by atomic mass is 16.3. The van der Waals surface area contributed by atoms with Gasteiger partial charge >= 0.3 is 0 Å². The van der Waals surface area contributed by atoms with Gasteiger partial charge in [0.15, 0.2) is 0 Å². The van der Waals surface area contributed by atoms with E-state index in [4.69, 9.17) is 0 Å². The van der Waals surface area contributed by atoms with Gasteiger partial charge in [0, 0.05) is 6.07 Å². The van der Waals surface area contributed by atoms with E-state index in [0.29, 0.717) is 0 Å². The van der Waals surface area contributed by atoms with Gasteiger partial charge in [0.25, 0.3) is 0 Å². The van der Waals surface area contributed by atoms with Crippen molar-refractivity contribution in [2.45, 2.75) is 51.9 Å². The van der Waals surface area contributed by atoms with Gasteiger partial charge in [-0.1, -0.05) is 44.8 Å². The van der Waals surface area contributed by atoms with E-state index in [1.165, 1.54) is 38.2 Å². The molecule has 1 aromatic carbocycles. The number of benzene rings is 1. The van der Waals surface area contributed by atoms with E-state index in [0.717, 1.165) is 18.4 Å². The molecule has 0 aliphatic carbocycles. The van der Waals surface area contributed by atoms with Crippen LogP contribution in [0.5, 0.6) is 11.5 Å². The number of allylic oxidation sites excluding steroid dienone is 2. The minimum atomic E-state index is 0.123. The van der Waals surface area contributed by atoms with Crippen LogP contribution in [0.25, 0.3) is 0 Å². The predicted molar refractivity (Wildman–Crippen MR) is 76.0 cm³/mol. The van der Waals surface area contributed by atoms with Crippen LogP contribution < -0.4 is 0 Å². The summed E-state index contributed by atoms with van der Waals surface area (Å²) in [6.45, 7) is 2.23. The highest BCUT2D eigenvalue weighted by molar-refractivity contribution is 5.37. The first kappa shape index (κ1) is 14.6. The van der Waals surface area contributed by atoms with E-state index < -0.39 is 0 Å². The Balaban J connectivity index is 2.19. The standard InChI is InChI=1S/C16H24O2/c1-2-3-4-5-6-7-8-9-10-14-11-15(17)13-16(18)12-14/h8-9,11-13,17-18H,2-7,10H2,1H3. The maximum absolute atomic E-state index is 9.33. The molecule has 0 saturated heterocycles. The molecular weight excluding hydrogens is 224 g/mol. The lowest BCUT2D eigenvalue weighted by molar-refractivity contribution is 0.449. The number of hydrogen-bond acceptors (Lipinski definition) is 2. The van der Waals surface area contributed by atoms with Crippen LogP contribution in [0.1, 0.15) is 51.0 Å². The highest BCUT2D eigenvalue weighted by Gasteiger charge is 1.96. The molecule has 0 aromatic heterocycles. The van der Waals surface area contributed by atoms with E-state index in [1.54, 1.807) is 12.1 Å². The summed E-state index contributed by atoms with van der Waals surface area (Å²) in [5.41, 5.74) is 0.940. The molecule has 2 N–H and O–H groups in total. The topological polar surface area (TPSA) is 40.5 Å². The quantitative estimate of drug-likeness (QED) is 0.523. The van der Waals surface area contributed by atoms with Gasteiger partial charge in [-0.25, -0.2) is 0 Å². The van der Waals surface area contributed by atoms with Crippen molar-refractivity contribution in [1.82, 2.24) is 0 Å². The van der Waals surface area contributed by atoms with Crippen LogP contribution in [0.4, 0.5) is 0 Å². The largest absolute Gasteiger partial charge is 0.508 e. The van der Waals surface area contributed by atoms with Gasteiger partial charge in [0.2, 0.25) is 0 Å². The highest BCUT2D eigenvalue weighted by Crippen LogP contribution is 2.20. The molecular formula is C16H24O2. The molecule has 0 aliphatic rings. The number of aromatic hydroxyl groups is 2. The SMILES string of the molecule is CCCCCCCC=CCc1cc(O)cc(O)c1. The first-order chi connectivity index (χ1) is 8.72. The zero-order chi connectivity index (χ0) is 13.2. The summed E-state index contributed by atoms with van der Waals surface area (Å²) in [6.07, 6.45) is 12.7. The third-order valence-corrected chi connectivity index (χ3v) is 2.96. The fourth-order valence-electron chi connectivity index (χ4n) is 1.98. The lowest BCUT2D eigenvalue weighted by atomic mass is 10.1. The Hall–Kier alpha value is -1.44. The third-order valence-electron chi connectivity index (χ3n) is 2.96. The minimum Gasteiger partial charge on any atom is -0.508 e. The van der Waals surface area contributed by atoms with Gasteiger partial charge < -0.3 is 10.2 Å². The maximum Gasteiger partial charge on any atom is 0.119 e. The molecule has 0 radical (unpaired) electrons. The first-order valence-corrected chi connectivity index (χ1v) is 6.89. The Morgan fingerprint density at radius 1 is 0.889 bits per heavy atom. The molecule has 100 valence electrons. The lowest BCUT2D eigenvalue weighted by Crippen LogP contribution is -1.81. The van der Waals surface area contributed by atoms with Crippen LogP contribution in [0.3, 0.4) is 0 Å². The average Bonchev–Trinajstić information content (AvgIpc) is 2.31. The van der Waals surface area contributed by atoms with Crippen LogP contribution in [-0.2, 0) is 6.42 Å². The lowest BCUT2D eigenvalue weighted by Gasteiger charge is -2.00. The van der Waals surface area contributed by atoms with Crippen molar-refractivity contribution in [3.05, 3.63) is 35.9 Å². The molecule has 2 heteroatoms. The fraction of sp³-hybridized carbons (Fsp3) is 0.500. The Morgan fingerprint density at radius 3 is 2.22 bits per heavy atom. The Morgan fingerprint density at radius 2 is 1.56 bits per heavy atom. The Labute approximate surface area is 110 Å². The summed E-state index contributed by atoms with van der Waals surface area (Å²) in [5.74, 6) is 0.246. The molecule has 0 heterocycles. The fourth-order valence-corrected chi connectivity index (χ4v) is 1.98. The smallest absolute Gasteiger partial charge is 0.119 e. The van der Waals surface area contributed by atoms with Crippen molar-refractivity contribution in [3.63, 3.8) is 0 Å². The maximum atomic E-state index is 9.33. The number of unbranched alkanes of at least 4 members (excludes halogenated alkanes) is 5. The molecule has 0 spiro atoms. The van der Waals surface area contributed by atoms with Crippen LogP contribution >= 0.6 is 0 Å². The summed E-state index contributed by atoms with van der Waals surface area (Å²) in [4.78, 5) is 0. The Kier molecular flexibility index (Phi) is 7.00. The van der Waals surface area contributed by atoms with E-state index in [9.17, 15) is 10.2 Å². The molecule has 2 nitrogen and oxygen atoms in total. The monoisotopic (exact) mass is 248 g/mol. The Bertz CT molecular complexity index is 349. The van der Waals surface area contributed by atoms with E-state index in [2.05, 4.69) is 19.1 Å². The minimum absolute atomic E-state index is 0.123. The van der Waals surface area contributed by atoms with Crippen molar-refractivity contribution < 1.29 is 10.2 Å². The molecule has 0 aliphatic heterocycles. The van der Waals surface area contributed by atoms with Gasteiger partial charge in [-0.3, -0.25) is 0 Å². The van der Waals surface area contributed by atoms with E-state index in [1.807, 2.05) is 0 Å². The number of hydrogen-bond donors (Lipinski definition) is 2. The number of rotatable bonds is 8. The molecule has 0 bridgehead atoms. The van der Waals surface area contributed by atoms with Crippen LogP contribution in [0, 0.1) is 0 Å². The van der Waals surface area contributed by atoms with Crippen LogP contribution in [-0.4, -0.2) is 10.2 Å². The zero-order valence-corrected chi connectivity index (χ0v) is 11.2.